The van der Waals surface area contributed by atoms with E-state index in [1.165, 1.54) is 0 Å². The van der Waals surface area contributed by atoms with Crippen LogP contribution in [0.4, 0.5) is 0 Å². The fourth-order valence-electron chi connectivity index (χ4n) is 4.78. The standard InChI is InChI=1S/C29H33N7O6S/c30-19(9-15-12-32-20-7-3-1-5-17(15)20)26(38)34-22(10-16-13-33-21-8-4-2-6-18(16)21)27(39)36-24(14-43)28(40)35-23(29(41)42)11-25(31)37/h1-8,12-13,19,22-24,32-33,43H,9-11,14,30H2,(H2,31,37)(H,34,38)(H,35,40)(H,36,39)(H,41,42). The molecule has 4 amide bonds. The Labute approximate surface area is 251 Å². The lowest BCUT2D eigenvalue weighted by Crippen LogP contribution is -2.58. The lowest BCUT2D eigenvalue weighted by molar-refractivity contribution is -0.143. The molecular formula is C29H33N7O6S. The van der Waals surface area contributed by atoms with Crippen molar-refractivity contribution in [3.05, 3.63) is 72.1 Å². The minimum absolute atomic E-state index is 0.0573. The Morgan fingerprint density at radius 2 is 1.23 bits per heavy atom. The van der Waals surface area contributed by atoms with Gasteiger partial charge in [-0.2, -0.15) is 12.6 Å². The molecule has 0 aliphatic rings. The summed E-state index contributed by atoms with van der Waals surface area (Å²) in [4.78, 5) is 68.6. The number of aliphatic carboxylic acids is 1. The summed E-state index contributed by atoms with van der Waals surface area (Å²) < 4.78 is 0. The number of H-pyrrole nitrogens is 2. The van der Waals surface area contributed by atoms with Crippen LogP contribution in [0.15, 0.2) is 60.9 Å². The van der Waals surface area contributed by atoms with Crippen molar-refractivity contribution in [2.75, 3.05) is 5.75 Å². The number of carboxylic acids is 1. The van der Waals surface area contributed by atoms with Gasteiger partial charge in [-0.05, 0) is 29.7 Å². The van der Waals surface area contributed by atoms with E-state index in [0.717, 1.165) is 32.9 Å². The van der Waals surface area contributed by atoms with E-state index in [9.17, 15) is 29.1 Å². The van der Waals surface area contributed by atoms with Gasteiger partial charge in [0.25, 0.3) is 0 Å². The van der Waals surface area contributed by atoms with Gasteiger partial charge < -0.3 is 42.5 Å². The average molecular weight is 608 g/mol. The van der Waals surface area contributed by atoms with E-state index in [1.807, 2.05) is 48.5 Å². The van der Waals surface area contributed by atoms with Crippen LogP contribution >= 0.6 is 12.6 Å². The van der Waals surface area contributed by atoms with Crippen LogP contribution in [0.3, 0.4) is 0 Å². The highest BCUT2D eigenvalue weighted by Crippen LogP contribution is 2.21. The molecule has 0 radical (unpaired) electrons. The Balaban J connectivity index is 1.52. The molecule has 43 heavy (non-hydrogen) atoms. The number of carbonyl (C=O) groups is 5. The summed E-state index contributed by atoms with van der Waals surface area (Å²) in [5.41, 5.74) is 14.7. The number of carbonyl (C=O) groups excluding carboxylic acids is 4. The topological polar surface area (TPSA) is 225 Å². The smallest absolute Gasteiger partial charge is 0.326 e. The van der Waals surface area contributed by atoms with Gasteiger partial charge in [0.2, 0.25) is 23.6 Å². The second-order valence-electron chi connectivity index (χ2n) is 10.1. The van der Waals surface area contributed by atoms with Crippen molar-refractivity contribution in [3.8, 4) is 0 Å². The van der Waals surface area contributed by atoms with Crippen LogP contribution in [-0.2, 0) is 36.8 Å². The first-order chi connectivity index (χ1) is 20.6. The number of hydrogen-bond acceptors (Lipinski definition) is 7. The summed E-state index contributed by atoms with van der Waals surface area (Å²) in [5.74, 6) is -4.77. The highest BCUT2D eigenvalue weighted by Gasteiger charge is 2.31. The third kappa shape index (κ3) is 7.72. The molecule has 0 aliphatic carbocycles. The average Bonchev–Trinajstić information content (AvgIpc) is 3.58. The monoisotopic (exact) mass is 607 g/mol. The molecule has 0 saturated heterocycles. The zero-order valence-electron chi connectivity index (χ0n) is 23.0. The molecule has 226 valence electrons. The van der Waals surface area contributed by atoms with Crippen molar-refractivity contribution in [3.63, 3.8) is 0 Å². The van der Waals surface area contributed by atoms with Gasteiger partial charge in [0.15, 0.2) is 0 Å². The number of aromatic amines is 2. The number of amides is 4. The number of carboxylic acid groups (broad SMARTS) is 1. The fourth-order valence-corrected chi connectivity index (χ4v) is 5.04. The molecule has 2 heterocycles. The van der Waals surface area contributed by atoms with Gasteiger partial charge in [-0.25, -0.2) is 4.79 Å². The summed E-state index contributed by atoms with van der Waals surface area (Å²) in [6, 6.07) is 10.0. The number of primary amides is 1. The molecule has 0 spiro atoms. The maximum absolute atomic E-state index is 13.5. The SMILES string of the molecule is NC(=O)CC(NC(=O)C(CS)NC(=O)C(Cc1c[nH]c2ccccc12)NC(=O)C(N)Cc1c[nH]c2ccccc12)C(=O)O. The van der Waals surface area contributed by atoms with E-state index in [4.69, 9.17) is 11.5 Å². The molecule has 0 bridgehead atoms. The number of para-hydroxylation sites is 2. The van der Waals surface area contributed by atoms with Gasteiger partial charge in [0, 0.05) is 46.4 Å². The van der Waals surface area contributed by atoms with Crippen LogP contribution in [0, 0.1) is 0 Å². The van der Waals surface area contributed by atoms with Crippen molar-refractivity contribution in [1.29, 1.82) is 0 Å². The summed E-state index contributed by atoms with van der Waals surface area (Å²) in [6.45, 7) is 0. The number of benzene rings is 2. The number of fused-ring (bicyclic) bond motifs is 2. The quantitative estimate of drug-likeness (QED) is 0.0898. The summed E-state index contributed by atoms with van der Waals surface area (Å²) >= 11 is 4.13. The Hall–Kier alpha value is -4.82. The molecule has 2 aromatic carbocycles. The maximum atomic E-state index is 13.5. The number of aromatic nitrogens is 2. The molecule has 0 saturated carbocycles. The van der Waals surface area contributed by atoms with Crippen molar-refractivity contribution in [2.45, 2.75) is 43.4 Å². The fraction of sp³-hybridized carbons (Fsp3) is 0.276. The Morgan fingerprint density at radius 1 is 0.744 bits per heavy atom. The van der Waals surface area contributed by atoms with Gasteiger partial charge >= 0.3 is 5.97 Å². The maximum Gasteiger partial charge on any atom is 0.326 e. The lowest BCUT2D eigenvalue weighted by atomic mass is 10.0. The third-order valence-electron chi connectivity index (χ3n) is 7.02. The first-order valence-corrected chi connectivity index (χ1v) is 14.1. The van der Waals surface area contributed by atoms with Crippen LogP contribution in [0.2, 0.25) is 0 Å². The van der Waals surface area contributed by atoms with Crippen molar-refractivity contribution < 1.29 is 29.1 Å². The normalized spacial score (nSPS) is 14.0. The highest BCUT2D eigenvalue weighted by molar-refractivity contribution is 7.80. The van der Waals surface area contributed by atoms with Crippen molar-refractivity contribution in [1.82, 2.24) is 25.9 Å². The molecular weight excluding hydrogens is 574 g/mol. The molecule has 13 nitrogen and oxygen atoms in total. The predicted octanol–water partition coefficient (Wildman–Crippen LogP) is 0.106. The summed E-state index contributed by atoms with van der Waals surface area (Å²) in [5, 5.41) is 18.6. The first-order valence-electron chi connectivity index (χ1n) is 13.5. The van der Waals surface area contributed by atoms with E-state index in [1.54, 1.807) is 12.4 Å². The Kier molecular flexibility index (Phi) is 10.1. The molecule has 10 N–H and O–H groups in total. The number of nitrogens with one attached hydrogen (secondary N) is 5. The third-order valence-corrected chi connectivity index (χ3v) is 7.38. The van der Waals surface area contributed by atoms with Crippen LogP contribution in [0.25, 0.3) is 21.8 Å². The van der Waals surface area contributed by atoms with Crippen LogP contribution < -0.4 is 27.4 Å². The lowest BCUT2D eigenvalue weighted by Gasteiger charge is -2.24. The minimum Gasteiger partial charge on any atom is -0.480 e. The molecule has 4 unspecified atom stereocenters. The highest BCUT2D eigenvalue weighted by atomic mass is 32.1. The summed E-state index contributed by atoms with van der Waals surface area (Å²) in [7, 11) is 0. The van der Waals surface area contributed by atoms with Crippen molar-refractivity contribution >= 4 is 64.0 Å². The van der Waals surface area contributed by atoms with Gasteiger partial charge in [0.1, 0.15) is 18.1 Å². The van der Waals surface area contributed by atoms with Gasteiger partial charge in [0.05, 0.1) is 12.5 Å². The zero-order chi connectivity index (χ0) is 31.1. The van der Waals surface area contributed by atoms with Gasteiger partial charge in [-0.3, -0.25) is 19.2 Å². The minimum atomic E-state index is -1.59. The van der Waals surface area contributed by atoms with Crippen molar-refractivity contribution in [2.24, 2.45) is 11.5 Å². The Bertz CT molecular complexity index is 1650. The molecule has 2 aromatic heterocycles. The largest absolute Gasteiger partial charge is 0.480 e. The second-order valence-corrected chi connectivity index (χ2v) is 10.5. The van der Waals surface area contributed by atoms with E-state index >= 15 is 0 Å². The molecule has 14 heteroatoms. The number of rotatable bonds is 14. The van der Waals surface area contributed by atoms with E-state index in [-0.39, 0.29) is 18.6 Å². The van der Waals surface area contributed by atoms with E-state index < -0.39 is 60.2 Å². The molecule has 0 aliphatic heterocycles. The number of thiol groups is 1. The molecule has 0 fully saturated rings. The van der Waals surface area contributed by atoms with Gasteiger partial charge in [-0.15, -0.1) is 0 Å². The predicted molar refractivity (Wildman–Crippen MR) is 163 cm³/mol. The second kappa shape index (κ2) is 13.9. The first kappa shape index (κ1) is 31.1. The van der Waals surface area contributed by atoms with E-state index in [2.05, 4.69) is 38.5 Å². The Morgan fingerprint density at radius 3 is 1.77 bits per heavy atom. The molecule has 4 atom stereocenters. The number of hydrogen-bond donors (Lipinski definition) is 9. The van der Waals surface area contributed by atoms with Gasteiger partial charge in [-0.1, -0.05) is 36.4 Å². The van der Waals surface area contributed by atoms with E-state index in [0.29, 0.717) is 0 Å². The zero-order valence-corrected chi connectivity index (χ0v) is 23.9. The summed E-state index contributed by atoms with van der Waals surface area (Å²) in [6.07, 6.45) is 3.14. The molecule has 4 aromatic rings. The van der Waals surface area contributed by atoms with Crippen LogP contribution in [0.5, 0.6) is 0 Å². The number of nitrogens with two attached hydrogens (primary N) is 2. The van der Waals surface area contributed by atoms with Crippen LogP contribution in [-0.4, -0.2) is 74.6 Å². The molecule has 4 rings (SSSR count). The van der Waals surface area contributed by atoms with Crippen LogP contribution in [0.1, 0.15) is 17.5 Å².